The lowest BCUT2D eigenvalue weighted by atomic mass is 9.97. The van der Waals surface area contributed by atoms with E-state index in [1.807, 2.05) is 6.92 Å². The SMILES string of the molecule is C=C(C)C[C@H](N)c1ccc2c(c1)Cc1ccccc1-2. The Morgan fingerprint density at radius 2 is 1.89 bits per heavy atom. The van der Waals surface area contributed by atoms with Crippen LogP contribution in [0, 0.1) is 0 Å². The lowest BCUT2D eigenvalue weighted by Crippen LogP contribution is -2.10. The van der Waals surface area contributed by atoms with Gasteiger partial charge in [-0.05, 0) is 47.6 Å². The average molecular weight is 249 g/mol. The van der Waals surface area contributed by atoms with Crippen LogP contribution in [-0.4, -0.2) is 0 Å². The first-order valence-corrected chi connectivity index (χ1v) is 6.76. The maximum atomic E-state index is 6.23. The predicted octanol–water partition coefficient (Wildman–Crippen LogP) is 4.22. The highest BCUT2D eigenvalue weighted by molar-refractivity contribution is 5.77. The van der Waals surface area contributed by atoms with E-state index >= 15 is 0 Å². The van der Waals surface area contributed by atoms with E-state index in [-0.39, 0.29) is 6.04 Å². The molecular weight excluding hydrogens is 230 g/mol. The van der Waals surface area contributed by atoms with Crippen molar-refractivity contribution >= 4 is 0 Å². The van der Waals surface area contributed by atoms with Gasteiger partial charge in [0, 0.05) is 6.04 Å². The summed E-state index contributed by atoms with van der Waals surface area (Å²) in [4.78, 5) is 0. The van der Waals surface area contributed by atoms with Gasteiger partial charge in [-0.15, -0.1) is 6.58 Å². The Morgan fingerprint density at radius 3 is 2.68 bits per heavy atom. The largest absolute Gasteiger partial charge is 0.324 e. The third-order valence-electron chi connectivity index (χ3n) is 3.81. The van der Waals surface area contributed by atoms with Crippen LogP contribution in [0.4, 0.5) is 0 Å². The molecule has 0 fully saturated rings. The van der Waals surface area contributed by atoms with E-state index in [4.69, 9.17) is 5.73 Å². The van der Waals surface area contributed by atoms with E-state index in [0.29, 0.717) is 0 Å². The molecule has 1 heteroatoms. The average Bonchev–Trinajstić information content (AvgIpc) is 2.75. The van der Waals surface area contributed by atoms with Gasteiger partial charge in [-0.3, -0.25) is 0 Å². The van der Waals surface area contributed by atoms with E-state index in [1.165, 1.54) is 27.8 Å². The molecule has 0 aromatic heterocycles. The summed E-state index contributed by atoms with van der Waals surface area (Å²) in [7, 11) is 0. The van der Waals surface area contributed by atoms with Gasteiger partial charge in [-0.2, -0.15) is 0 Å². The van der Waals surface area contributed by atoms with Gasteiger partial charge in [0.25, 0.3) is 0 Å². The summed E-state index contributed by atoms with van der Waals surface area (Å²) in [6, 6.07) is 15.3. The summed E-state index contributed by atoms with van der Waals surface area (Å²) in [6.45, 7) is 5.98. The minimum absolute atomic E-state index is 0.0616. The van der Waals surface area contributed by atoms with Crippen LogP contribution in [0.2, 0.25) is 0 Å². The number of benzene rings is 2. The summed E-state index contributed by atoms with van der Waals surface area (Å²) in [6.07, 6.45) is 1.88. The highest BCUT2D eigenvalue weighted by atomic mass is 14.6. The molecule has 3 rings (SSSR count). The number of hydrogen-bond acceptors (Lipinski definition) is 1. The van der Waals surface area contributed by atoms with Crippen LogP contribution in [0.1, 0.15) is 36.1 Å². The molecule has 19 heavy (non-hydrogen) atoms. The molecule has 0 heterocycles. The zero-order valence-electron chi connectivity index (χ0n) is 11.3. The summed E-state index contributed by atoms with van der Waals surface area (Å²) in [5.41, 5.74) is 14.1. The third-order valence-corrected chi connectivity index (χ3v) is 3.81. The Labute approximate surface area is 114 Å². The lowest BCUT2D eigenvalue weighted by molar-refractivity contribution is 0.716. The van der Waals surface area contributed by atoms with Crippen LogP contribution in [0.3, 0.4) is 0 Å². The molecule has 0 saturated carbocycles. The number of hydrogen-bond donors (Lipinski definition) is 1. The first kappa shape index (κ1) is 12.2. The van der Waals surface area contributed by atoms with Crippen molar-refractivity contribution in [2.45, 2.75) is 25.8 Å². The van der Waals surface area contributed by atoms with Crippen LogP contribution >= 0.6 is 0 Å². The van der Waals surface area contributed by atoms with E-state index < -0.39 is 0 Å². The third kappa shape index (κ3) is 2.22. The maximum Gasteiger partial charge on any atom is 0.0332 e. The normalized spacial score (nSPS) is 13.8. The van der Waals surface area contributed by atoms with Crippen LogP contribution < -0.4 is 5.73 Å². The van der Waals surface area contributed by atoms with Gasteiger partial charge >= 0.3 is 0 Å². The van der Waals surface area contributed by atoms with E-state index in [1.54, 1.807) is 0 Å². The summed E-state index contributed by atoms with van der Waals surface area (Å²) in [5.74, 6) is 0. The number of rotatable bonds is 3. The van der Waals surface area contributed by atoms with Crippen LogP contribution in [0.25, 0.3) is 11.1 Å². The fourth-order valence-electron chi connectivity index (χ4n) is 2.89. The van der Waals surface area contributed by atoms with Gasteiger partial charge < -0.3 is 5.73 Å². The zero-order chi connectivity index (χ0) is 13.4. The maximum absolute atomic E-state index is 6.23. The van der Waals surface area contributed by atoms with Crippen molar-refractivity contribution < 1.29 is 0 Å². The fraction of sp³-hybridized carbons (Fsp3) is 0.222. The fourth-order valence-corrected chi connectivity index (χ4v) is 2.89. The molecule has 2 aromatic rings. The van der Waals surface area contributed by atoms with Gasteiger partial charge in [0.1, 0.15) is 0 Å². The molecule has 0 saturated heterocycles. The van der Waals surface area contributed by atoms with Crippen molar-refractivity contribution in [2.24, 2.45) is 5.73 Å². The van der Waals surface area contributed by atoms with Crippen LogP contribution in [0.15, 0.2) is 54.6 Å². The summed E-state index contributed by atoms with van der Waals surface area (Å²) < 4.78 is 0. The topological polar surface area (TPSA) is 26.0 Å². The van der Waals surface area contributed by atoms with Crippen molar-refractivity contribution in [3.05, 3.63) is 71.3 Å². The van der Waals surface area contributed by atoms with Crippen LogP contribution in [-0.2, 0) is 6.42 Å². The molecular formula is C18H19N. The minimum atomic E-state index is 0.0616. The molecule has 0 unspecified atom stereocenters. The monoisotopic (exact) mass is 249 g/mol. The van der Waals surface area contributed by atoms with Gasteiger partial charge in [0.2, 0.25) is 0 Å². The molecule has 1 atom stereocenters. The standard InChI is InChI=1S/C18H19N/c1-12(2)9-18(19)14-7-8-17-15(11-14)10-13-5-3-4-6-16(13)17/h3-8,11,18H,1,9-10,19H2,2H3/t18-/m0/s1. The number of nitrogens with two attached hydrogens (primary N) is 1. The second-order valence-electron chi connectivity index (χ2n) is 5.52. The van der Waals surface area contributed by atoms with E-state index in [0.717, 1.165) is 18.4 Å². The Kier molecular flexibility index (Phi) is 3.00. The minimum Gasteiger partial charge on any atom is -0.324 e. The molecule has 1 aliphatic rings. The van der Waals surface area contributed by atoms with Gasteiger partial charge in [0.05, 0.1) is 0 Å². The zero-order valence-corrected chi connectivity index (χ0v) is 11.3. The van der Waals surface area contributed by atoms with Crippen molar-refractivity contribution in [3.63, 3.8) is 0 Å². The second kappa shape index (κ2) is 4.67. The molecule has 0 amide bonds. The Bertz CT molecular complexity index is 640. The summed E-state index contributed by atoms with van der Waals surface area (Å²) in [5, 5.41) is 0. The van der Waals surface area contributed by atoms with Gasteiger partial charge in [0.15, 0.2) is 0 Å². The van der Waals surface area contributed by atoms with Crippen molar-refractivity contribution in [3.8, 4) is 11.1 Å². The highest BCUT2D eigenvalue weighted by Gasteiger charge is 2.18. The molecule has 0 aliphatic heterocycles. The second-order valence-corrected chi connectivity index (χ2v) is 5.52. The van der Waals surface area contributed by atoms with Crippen molar-refractivity contribution in [1.82, 2.24) is 0 Å². The molecule has 2 aromatic carbocycles. The van der Waals surface area contributed by atoms with E-state index in [2.05, 4.69) is 49.0 Å². The molecule has 0 bridgehead atoms. The summed E-state index contributed by atoms with van der Waals surface area (Å²) >= 11 is 0. The van der Waals surface area contributed by atoms with Crippen LogP contribution in [0.5, 0.6) is 0 Å². The van der Waals surface area contributed by atoms with Gasteiger partial charge in [-0.1, -0.05) is 48.0 Å². The Balaban J connectivity index is 1.95. The Morgan fingerprint density at radius 1 is 1.16 bits per heavy atom. The highest BCUT2D eigenvalue weighted by Crippen LogP contribution is 2.37. The molecule has 2 N–H and O–H groups in total. The van der Waals surface area contributed by atoms with E-state index in [9.17, 15) is 0 Å². The number of fused-ring (bicyclic) bond motifs is 3. The molecule has 0 spiro atoms. The molecule has 0 radical (unpaired) electrons. The quantitative estimate of drug-likeness (QED) is 0.691. The predicted molar refractivity (Wildman–Crippen MR) is 81.0 cm³/mol. The van der Waals surface area contributed by atoms with Gasteiger partial charge in [-0.25, -0.2) is 0 Å². The molecule has 1 aliphatic carbocycles. The smallest absolute Gasteiger partial charge is 0.0332 e. The van der Waals surface area contributed by atoms with Crippen molar-refractivity contribution in [2.75, 3.05) is 0 Å². The first-order valence-electron chi connectivity index (χ1n) is 6.76. The first-order chi connectivity index (χ1) is 9.15. The molecule has 1 nitrogen and oxygen atoms in total. The van der Waals surface area contributed by atoms with Crippen molar-refractivity contribution in [1.29, 1.82) is 0 Å². The lowest BCUT2D eigenvalue weighted by Gasteiger charge is -2.13. The molecule has 96 valence electrons. The Hall–Kier alpha value is -1.86.